The van der Waals surface area contributed by atoms with Crippen molar-refractivity contribution in [1.82, 2.24) is 19.6 Å². The summed E-state index contributed by atoms with van der Waals surface area (Å²) >= 11 is 6.00. The molecule has 0 spiro atoms. The van der Waals surface area contributed by atoms with Crippen molar-refractivity contribution in [2.75, 3.05) is 24.6 Å². The van der Waals surface area contributed by atoms with Crippen molar-refractivity contribution in [2.45, 2.75) is 12.8 Å². The summed E-state index contributed by atoms with van der Waals surface area (Å²) in [6.07, 6.45) is 3.40. The van der Waals surface area contributed by atoms with Crippen LogP contribution in [-0.2, 0) is 0 Å². The number of halogens is 1. The van der Waals surface area contributed by atoms with Crippen LogP contribution in [0.2, 0.25) is 5.15 Å². The van der Waals surface area contributed by atoms with Crippen molar-refractivity contribution in [1.29, 1.82) is 0 Å². The second kappa shape index (κ2) is 4.70. The molecule has 1 aliphatic heterocycles. The molecule has 0 amide bonds. The monoisotopic (exact) mass is 267 g/mol. The van der Waals surface area contributed by atoms with E-state index in [1.807, 2.05) is 6.07 Å². The third-order valence-electron chi connectivity index (χ3n) is 3.35. The van der Waals surface area contributed by atoms with E-state index in [1.54, 1.807) is 4.52 Å². The summed E-state index contributed by atoms with van der Waals surface area (Å²) < 4.78 is 1.70. The molecule has 0 bridgehead atoms. The van der Waals surface area contributed by atoms with Crippen LogP contribution in [0.4, 0.5) is 5.82 Å². The zero-order chi connectivity index (χ0) is 12.5. The number of aliphatic hydroxyl groups excluding tert-OH is 1. The first-order valence-electron chi connectivity index (χ1n) is 6.00. The Morgan fingerprint density at radius 3 is 3.22 bits per heavy atom. The Hall–Kier alpha value is -1.40. The Balaban J connectivity index is 1.92. The summed E-state index contributed by atoms with van der Waals surface area (Å²) in [6, 6.07) is 1.81. The normalized spacial score (nSPS) is 19.9. The Kier molecular flexibility index (Phi) is 3.05. The van der Waals surface area contributed by atoms with Crippen LogP contribution in [0.15, 0.2) is 12.4 Å². The van der Waals surface area contributed by atoms with Gasteiger partial charge in [0.1, 0.15) is 17.3 Å². The Labute approximate surface area is 109 Å². The van der Waals surface area contributed by atoms with E-state index in [0.29, 0.717) is 16.8 Å². The molecule has 0 saturated carbocycles. The number of fused-ring (bicyclic) bond motifs is 1. The van der Waals surface area contributed by atoms with Gasteiger partial charge in [-0.05, 0) is 18.8 Å². The third-order valence-corrected chi connectivity index (χ3v) is 3.54. The minimum atomic E-state index is 0.244. The average molecular weight is 268 g/mol. The van der Waals surface area contributed by atoms with Gasteiger partial charge in [0.25, 0.3) is 5.78 Å². The maximum atomic E-state index is 8.99. The molecular weight excluding hydrogens is 254 g/mol. The van der Waals surface area contributed by atoms with Gasteiger partial charge in [0.2, 0.25) is 0 Å². The number of aliphatic hydroxyl groups is 1. The molecule has 3 heterocycles. The van der Waals surface area contributed by atoms with E-state index in [9.17, 15) is 0 Å². The fourth-order valence-corrected chi connectivity index (χ4v) is 2.63. The fourth-order valence-electron chi connectivity index (χ4n) is 2.45. The van der Waals surface area contributed by atoms with Crippen LogP contribution < -0.4 is 4.90 Å². The summed E-state index contributed by atoms with van der Waals surface area (Å²) in [4.78, 5) is 10.4. The Bertz CT molecular complexity index is 557. The summed E-state index contributed by atoms with van der Waals surface area (Å²) in [7, 11) is 0. The van der Waals surface area contributed by atoms with Gasteiger partial charge in [0, 0.05) is 25.8 Å². The lowest BCUT2D eigenvalue weighted by molar-refractivity contribution is 0.263. The third kappa shape index (κ3) is 2.02. The lowest BCUT2D eigenvalue weighted by Gasteiger charge is -2.19. The predicted octanol–water partition coefficient (Wildman–Crippen LogP) is 0.986. The lowest BCUT2D eigenvalue weighted by Crippen LogP contribution is -2.23. The summed E-state index contributed by atoms with van der Waals surface area (Å²) in [5.74, 6) is 1.96. The van der Waals surface area contributed by atoms with Gasteiger partial charge in [-0.2, -0.15) is 19.6 Å². The van der Waals surface area contributed by atoms with E-state index in [1.165, 1.54) is 6.33 Å². The number of nitrogens with zero attached hydrogens (tertiary/aromatic N) is 5. The fraction of sp³-hybridized carbons (Fsp3) is 0.545. The van der Waals surface area contributed by atoms with Gasteiger partial charge in [-0.15, -0.1) is 0 Å². The van der Waals surface area contributed by atoms with Crippen LogP contribution in [0, 0.1) is 5.92 Å². The molecule has 1 unspecified atom stereocenters. The molecule has 1 atom stereocenters. The highest BCUT2D eigenvalue weighted by molar-refractivity contribution is 6.29. The van der Waals surface area contributed by atoms with Gasteiger partial charge < -0.3 is 10.0 Å². The quantitative estimate of drug-likeness (QED) is 0.840. The standard InChI is InChI=1S/C11H14ClN5O/c12-9-5-10(17-11(15-9)13-7-14-17)16-3-1-8(6-16)2-4-18/h5,7-8,18H,1-4,6H2. The molecule has 2 aromatic rings. The molecule has 96 valence electrons. The molecule has 1 saturated heterocycles. The number of hydrogen-bond donors (Lipinski definition) is 1. The van der Waals surface area contributed by atoms with Crippen LogP contribution in [0.25, 0.3) is 5.78 Å². The van der Waals surface area contributed by atoms with E-state index in [4.69, 9.17) is 16.7 Å². The van der Waals surface area contributed by atoms with Crippen LogP contribution >= 0.6 is 11.6 Å². The first kappa shape index (κ1) is 11.7. The topological polar surface area (TPSA) is 66.5 Å². The van der Waals surface area contributed by atoms with Crippen LogP contribution in [0.3, 0.4) is 0 Å². The van der Waals surface area contributed by atoms with Crippen molar-refractivity contribution in [3.8, 4) is 0 Å². The highest BCUT2D eigenvalue weighted by Crippen LogP contribution is 2.26. The second-order valence-corrected chi connectivity index (χ2v) is 4.91. The summed E-state index contributed by atoms with van der Waals surface area (Å²) in [6.45, 7) is 2.10. The van der Waals surface area contributed by atoms with Crippen LogP contribution in [-0.4, -0.2) is 44.4 Å². The first-order valence-corrected chi connectivity index (χ1v) is 6.38. The number of rotatable bonds is 3. The number of hydrogen-bond acceptors (Lipinski definition) is 5. The van der Waals surface area contributed by atoms with E-state index < -0.39 is 0 Å². The molecular formula is C11H14ClN5O. The van der Waals surface area contributed by atoms with Crippen molar-refractivity contribution < 1.29 is 5.11 Å². The largest absolute Gasteiger partial charge is 0.396 e. The van der Waals surface area contributed by atoms with Crippen molar-refractivity contribution in [3.63, 3.8) is 0 Å². The van der Waals surface area contributed by atoms with Gasteiger partial charge >= 0.3 is 0 Å². The highest BCUT2D eigenvalue weighted by Gasteiger charge is 2.24. The molecule has 7 heteroatoms. The van der Waals surface area contributed by atoms with E-state index >= 15 is 0 Å². The lowest BCUT2D eigenvalue weighted by atomic mass is 10.1. The summed E-state index contributed by atoms with van der Waals surface area (Å²) in [5.41, 5.74) is 0. The minimum absolute atomic E-state index is 0.244. The van der Waals surface area contributed by atoms with Gasteiger partial charge in [0.15, 0.2) is 0 Å². The Morgan fingerprint density at radius 2 is 2.39 bits per heavy atom. The molecule has 1 aliphatic rings. The second-order valence-electron chi connectivity index (χ2n) is 4.52. The molecule has 1 fully saturated rings. The van der Waals surface area contributed by atoms with Gasteiger partial charge in [-0.3, -0.25) is 0 Å². The van der Waals surface area contributed by atoms with Gasteiger partial charge in [-0.1, -0.05) is 11.6 Å². The van der Waals surface area contributed by atoms with Crippen molar-refractivity contribution >= 4 is 23.2 Å². The molecule has 1 N–H and O–H groups in total. The molecule has 2 aromatic heterocycles. The Morgan fingerprint density at radius 1 is 1.50 bits per heavy atom. The molecule has 0 aliphatic carbocycles. The maximum absolute atomic E-state index is 8.99. The van der Waals surface area contributed by atoms with E-state index in [2.05, 4.69) is 20.0 Å². The van der Waals surface area contributed by atoms with Gasteiger partial charge in [-0.25, -0.2) is 0 Å². The average Bonchev–Trinajstić information content (AvgIpc) is 2.96. The summed E-state index contributed by atoms with van der Waals surface area (Å²) in [5, 5.41) is 13.6. The van der Waals surface area contributed by atoms with Crippen LogP contribution in [0.5, 0.6) is 0 Å². The van der Waals surface area contributed by atoms with E-state index in [0.717, 1.165) is 31.7 Å². The zero-order valence-electron chi connectivity index (χ0n) is 9.83. The SMILES string of the molecule is OCCC1CCN(c2cc(Cl)nc3ncnn23)C1. The molecule has 0 radical (unpaired) electrons. The van der Waals surface area contributed by atoms with Crippen LogP contribution in [0.1, 0.15) is 12.8 Å². The smallest absolute Gasteiger partial charge is 0.255 e. The minimum Gasteiger partial charge on any atom is -0.396 e. The van der Waals surface area contributed by atoms with E-state index in [-0.39, 0.29) is 6.61 Å². The van der Waals surface area contributed by atoms with Gasteiger partial charge in [0.05, 0.1) is 0 Å². The first-order chi connectivity index (χ1) is 8.78. The molecule has 3 rings (SSSR count). The predicted molar refractivity (Wildman–Crippen MR) is 67.8 cm³/mol. The molecule has 0 aromatic carbocycles. The van der Waals surface area contributed by atoms with Crippen molar-refractivity contribution in [3.05, 3.63) is 17.5 Å². The molecule has 18 heavy (non-hydrogen) atoms. The zero-order valence-corrected chi connectivity index (χ0v) is 10.6. The maximum Gasteiger partial charge on any atom is 0.255 e. The number of aromatic nitrogens is 4. The molecule has 6 nitrogen and oxygen atoms in total. The highest BCUT2D eigenvalue weighted by atomic mass is 35.5. The number of anilines is 1. The van der Waals surface area contributed by atoms with Crippen molar-refractivity contribution in [2.24, 2.45) is 5.92 Å².